The molecule has 0 rings (SSSR count). The number of esters is 3. The molecule has 1 atom stereocenters. The van der Waals surface area contributed by atoms with Gasteiger partial charge in [-0.15, -0.1) is 0 Å². The Kier molecular flexibility index (Phi) is 52.3. The van der Waals surface area contributed by atoms with Crippen LogP contribution in [-0.2, 0) is 28.6 Å². The van der Waals surface area contributed by atoms with E-state index in [4.69, 9.17) is 14.2 Å². The van der Waals surface area contributed by atoms with E-state index in [1.54, 1.807) is 0 Å². The second-order valence-corrected chi connectivity index (χ2v) is 19.2. The standard InChI is InChI=1S/C59H108O6/c1-4-7-10-13-16-19-22-25-28-30-32-34-37-40-43-46-49-52-58(61)64-55-56(54-63-57(60)51-48-45-42-39-36-33-27-24-21-18-15-12-9-6-3)65-59(62)53-50-47-44-41-38-35-31-29-26-23-20-17-14-11-8-5-2/h16,19,25,28,32,34,56H,4-15,17-18,20-24,26-27,29-31,33,35-55H2,1-3H3/b19-16-,28-25-,34-32-/t56-/m1/s1. The predicted molar refractivity (Wildman–Crippen MR) is 279 cm³/mol. The van der Waals surface area contributed by atoms with Gasteiger partial charge in [-0.2, -0.15) is 0 Å². The van der Waals surface area contributed by atoms with Crippen LogP contribution in [0, 0.1) is 0 Å². The van der Waals surface area contributed by atoms with Gasteiger partial charge in [0.1, 0.15) is 13.2 Å². The molecular weight excluding hydrogens is 805 g/mol. The first-order valence-corrected chi connectivity index (χ1v) is 28.5. The van der Waals surface area contributed by atoms with Gasteiger partial charge in [0.05, 0.1) is 0 Å². The van der Waals surface area contributed by atoms with E-state index in [1.807, 2.05) is 0 Å². The summed E-state index contributed by atoms with van der Waals surface area (Å²) in [5.74, 6) is -0.878. The monoisotopic (exact) mass is 913 g/mol. The molecule has 0 aromatic rings. The van der Waals surface area contributed by atoms with E-state index in [1.165, 1.54) is 180 Å². The van der Waals surface area contributed by atoms with Crippen LogP contribution in [0.5, 0.6) is 0 Å². The minimum Gasteiger partial charge on any atom is -0.462 e. The van der Waals surface area contributed by atoms with Crippen LogP contribution >= 0.6 is 0 Å². The Labute approximate surface area is 404 Å². The fourth-order valence-electron chi connectivity index (χ4n) is 8.33. The Morgan fingerprint density at radius 2 is 0.554 bits per heavy atom. The van der Waals surface area contributed by atoms with Crippen molar-refractivity contribution in [3.05, 3.63) is 36.5 Å². The summed E-state index contributed by atoms with van der Waals surface area (Å²) in [6.45, 7) is 6.63. The highest BCUT2D eigenvalue weighted by molar-refractivity contribution is 5.71. The summed E-state index contributed by atoms with van der Waals surface area (Å²) in [6.07, 6.45) is 64.1. The van der Waals surface area contributed by atoms with Crippen molar-refractivity contribution in [1.29, 1.82) is 0 Å². The van der Waals surface area contributed by atoms with Crippen molar-refractivity contribution in [1.82, 2.24) is 0 Å². The Balaban J connectivity index is 4.37. The third-order valence-corrected chi connectivity index (χ3v) is 12.6. The zero-order valence-corrected chi connectivity index (χ0v) is 43.5. The second-order valence-electron chi connectivity index (χ2n) is 19.2. The maximum atomic E-state index is 12.8. The highest BCUT2D eigenvalue weighted by Crippen LogP contribution is 2.17. The first-order chi connectivity index (χ1) is 32.0. The summed E-state index contributed by atoms with van der Waals surface area (Å²) in [4.78, 5) is 38.1. The smallest absolute Gasteiger partial charge is 0.306 e. The number of unbranched alkanes of at least 4 members (excludes halogenated alkanes) is 35. The van der Waals surface area contributed by atoms with Crippen molar-refractivity contribution in [2.45, 2.75) is 309 Å². The molecule has 0 amide bonds. The molecule has 0 radical (unpaired) electrons. The van der Waals surface area contributed by atoms with Crippen LogP contribution in [0.4, 0.5) is 0 Å². The molecule has 0 N–H and O–H groups in total. The lowest BCUT2D eigenvalue weighted by molar-refractivity contribution is -0.167. The third kappa shape index (κ3) is 52.5. The molecule has 0 saturated heterocycles. The molecular formula is C59H108O6. The van der Waals surface area contributed by atoms with E-state index in [0.717, 1.165) is 83.5 Å². The summed E-state index contributed by atoms with van der Waals surface area (Å²) >= 11 is 0. The summed E-state index contributed by atoms with van der Waals surface area (Å²) < 4.78 is 16.9. The molecule has 0 aromatic carbocycles. The van der Waals surface area contributed by atoms with Crippen molar-refractivity contribution in [2.24, 2.45) is 0 Å². The Bertz CT molecular complexity index is 1090. The molecule has 0 heterocycles. The van der Waals surface area contributed by atoms with E-state index in [9.17, 15) is 14.4 Å². The van der Waals surface area contributed by atoms with Gasteiger partial charge in [-0.1, -0.05) is 263 Å². The number of carbonyl (C=O) groups is 3. The van der Waals surface area contributed by atoms with Crippen molar-refractivity contribution >= 4 is 17.9 Å². The number of allylic oxidation sites excluding steroid dienone is 6. The van der Waals surface area contributed by atoms with Crippen molar-refractivity contribution in [3.63, 3.8) is 0 Å². The van der Waals surface area contributed by atoms with E-state index in [0.29, 0.717) is 19.3 Å². The molecule has 65 heavy (non-hydrogen) atoms. The average molecular weight is 914 g/mol. The number of carbonyl (C=O) groups excluding carboxylic acids is 3. The minimum atomic E-state index is -0.776. The molecule has 380 valence electrons. The lowest BCUT2D eigenvalue weighted by Crippen LogP contribution is -2.30. The first-order valence-electron chi connectivity index (χ1n) is 28.5. The van der Waals surface area contributed by atoms with Crippen LogP contribution in [0.2, 0.25) is 0 Å². The van der Waals surface area contributed by atoms with Gasteiger partial charge in [0.15, 0.2) is 6.10 Å². The Hall–Kier alpha value is -2.37. The quantitative estimate of drug-likeness (QED) is 0.0262. The fourth-order valence-corrected chi connectivity index (χ4v) is 8.33. The zero-order valence-electron chi connectivity index (χ0n) is 43.5. The molecule has 0 aromatic heterocycles. The van der Waals surface area contributed by atoms with Gasteiger partial charge < -0.3 is 14.2 Å². The number of hydrogen-bond acceptors (Lipinski definition) is 6. The summed E-state index contributed by atoms with van der Waals surface area (Å²) in [5, 5.41) is 0. The van der Waals surface area contributed by atoms with Crippen LogP contribution < -0.4 is 0 Å². The zero-order chi connectivity index (χ0) is 47.2. The normalized spacial score (nSPS) is 12.2. The number of rotatable bonds is 52. The molecule has 6 heteroatoms. The highest BCUT2D eigenvalue weighted by Gasteiger charge is 2.19. The van der Waals surface area contributed by atoms with Crippen LogP contribution in [0.15, 0.2) is 36.5 Å². The van der Waals surface area contributed by atoms with Crippen LogP contribution in [0.3, 0.4) is 0 Å². The van der Waals surface area contributed by atoms with E-state index >= 15 is 0 Å². The molecule has 0 saturated carbocycles. The topological polar surface area (TPSA) is 78.9 Å². The largest absolute Gasteiger partial charge is 0.462 e. The molecule has 0 aliphatic heterocycles. The fraction of sp³-hybridized carbons (Fsp3) is 0.847. The van der Waals surface area contributed by atoms with Gasteiger partial charge in [-0.25, -0.2) is 0 Å². The summed E-state index contributed by atoms with van der Waals surface area (Å²) in [7, 11) is 0. The molecule has 0 aliphatic rings. The van der Waals surface area contributed by atoms with Gasteiger partial charge in [0, 0.05) is 19.3 Å². The lowest BCUT2D eigenvalue weighted by atomic mass is 10.0. The summed E-state index contributed by atoms with van der Waals surface area (Å²) in [6, 6.07) is 0. The predicted octanol–water partition coefficient (Wildman–Crippen LogP) is 18.9. The van der Waals surface area contributed by atoms with Crippen LogP contribution in [0.1, 0.15) is 303 Å². The number of hydrogen-bond donors (Lipinski definition) is 0. The van der Waals surface area contributed by atoms with Crippen molar-refractivity contribution in [3.8, 4) is 0 Å². The van der Waals surface area contributed by atoms with E-state index in [2.05, 4.69) is 57.2 Å². The van der Waals surface area contributed by atoms with Gasteiger partial charge in [0.2, 0.25) is 0 Å². The minimum absolute atomic E-state index is 0.0745. The first kappa shape index (κ1) is 62.6. The van der Waals surface area contributed by atoms with Gasteiger partial charge in [-0.05, 0) is 57.8 Å². The van der Waals surface area contributed by atoms with Gasteiger partial charge in [0.25, 0.3) is 0 Å². The molecule has 0 unspecified atom stereocenters. The molecule has 6 nitrogen and oxygen atoms in total. The van der Waals surface area contributed by atoms with E-state index < -0.39 is 6.10 Å². The maximum Gasteiger partial charge on any atom is 0.306 e. The van der Waals surface area contributed by atoms with Crippen molar-refractivity contribution < 1.29 is 28.6 Å². The number of ether oxygens (including phenoxy) is 3. The Morgan fingerprint density at radius 3 is 0.892 bits per heavy atom. The molecule has 0 spiro atoms. The van der Waals surface area contributed by atoms with Crippen LogP contribution in [0.25, 0.3) is 0 Å². The van der Waals surface area contributed by atoms with Gasteiger partial charge >= 0.3 is 17.9 Å². The SMILES string of the molecule is CCCCC/C=C\C/C=C\C/C=C\CCCCCCC(=O)OC[C@@H](COC(=O)CCCCCCCCCCCCCCCC)OC(=O)CCCCCCCCCCCCCCCCCC. The molecule has 0 aliphatic carbocycles. The molecule has 0 fully saturated rings. The summed E-state index contributed by atoms with van der Waals surface area (Å²) in [5.41, 5.74) is 0. The lowest BCUT2D eigenvalue weighted by Gasteiger charge is -2.18. The highest BCUT2D eigenvalue weighted by atomic mass is 16.6. The average Bonchev–Trinajstić information content (AvgIpc) is 3.30. The van der Waals surface area contributed by atoms with Crippen LogP contribution in [-0.4, -0.2) is 37.2 Å². The second kappa shape index (κ2) is 54.2. The maximum absolute atomic E-state index is 12.8. The van der Waals surface area contributed by atoms with Gasteiger partial charge in [-0.3, -0.25) is 14.4 Å². The molecule has 0 bridgehead atoms. The Morgan fingerprint density at radius 1 is 0.308 bits per heavy atom. The van der Waals surface area contributed by atoms with E-state index in [-0.39, 0.29) is 31.1 Å². The van der Waals surface area contributed by atoms with Crippen molar-refractivity contribution in [2.75, 3.05) is 13.2 Å². The third-order valence-electron chi connectivity index (χ3n) is 12.6.